The van der Waals surface area contributed by atoms with Crippen molar-refractivity contribution in [3.05, 3.63) is 58.6 Å². The number of amides is 1. The second kappa shape index (κ2) is 7.80. The number of aryl methyl sites for hydroxylation is 1. The van der Waals surface area contributed by atoms with Crippen molar-refractivity contribution in [3.63, 3.8) is 0 Å². The molecule has 138 valence electrons. The summed E-state index contributed by atoms with van der Waals surface area (Å²) >= 11 is 3.38. The van der Waals surface area contributed by atoms with Gasteiger partial charge in [-0.3, -0.25) is 4.79 Å². The van der Waals surface area contributed by atoms with Gasteiger partial charge >= 0.3 is 0 Å². The summed E-state index contributed by atoms with van der Waals surface area (Å²) in [4.78, 5) is 14.1. The minimum atomic E-state index is -3.42. The molecule has 0 radical (unpaired) electrons. The standard InChI is InChI=1S/C19H20BrNO4S/c1-25-16-7-9-17(10-8-16)26(23,24)18-12-21(13-18)19(22)11-4-14-2-5-15(20)6-3-14/h2-3,5-10,18H,4,11-13H2,1H3. The summed E-state index contributed by atoms with van der Waals surface area (Å²) in [5, 5.41) is -0.535. The molecule has 1 fully saturated rings. The minimum Gasteiger partial charge on any atom is -0.497 e. The summed E-state index contributed by atoms with van der Waals surface area (Å²) in [5.74, 6) is 0.608. The number of sulfone groups is 1. The van der Waals surface area contributed by atoms with E-state index in [1.54, 1.807) is 29.2 Å². The lowest BCUT2D eigenvalue weighted by Gasteiger charge is -2.38. The van der Waals surface area contributed by atoms with Gasteiger partial charge in [0, 0.05) is 24.0 Å². The van der Waals surface area contributed by atoms with E-state index in [-0.39, 0.29) is 23.9 Å². The zero-order valence-corrected chi connectivity index (χ0v) is 16.8. The molecule has 1 aliphatic heterocycles. The van der Waals surface area contributed by atoms with Gasteiger partial charge in [-0.25, -0.2) is 8.42 Å². The van der Waals surface area contributed by atoms with E-state index in [2.05, 4.69) is 15.9 Å². The zero-order chi connectivity index (χ0) is 18.7. The maximum atomic E-state index is 12.6. The second-order valence-electron chi connectivity index (χ2n) is 6.27. The molecule has 0 unspecified atom stereocenters. The van der Waals surface area contributed by atoms with Gasteiger partial charge in [0.15, 0.2) is 9.84 Å². The molecule has 0 N–H and O–H groups in total. The van der Waals surface area contributed by atoms with Crippen molar-refractivity contribution in [3.8, 4) is 5.75 Å². The molecule has 0 bridgehead atoms. The molecular formula is C19H20BrNO4S. The predicted octanol–water partition coefficient (Wildman–Crippen LogP) is 3.08. The Hall–Kier alpha value is -1.86. The van der Waals surface area contributed by atoms with Crippen molar-refractivity contribution in [1.29, 1.82) is 0 Å². The lowest BCUT2D eigenvalue weighted by molar-refractivity contribution is -0.134. The molecule has 26 heavy (non-hydrogen) atoms. The topological polar surface area (TPSA) is 63.7 Å². The lowest BCUT2D eigenvalue weighted by atomic mass is 10.1. The predicted molar refractivity (Wildman–Crippen MR) is 103 cm³/mol. The molecule has 7 heteroatoms. The summed E-state index contributed by atoms with van der Waals surface area (Å²) in [7, 11) is -1.89. The third-order valence-electron chi connectivity index (χ3n) is 4.57. The van der Waals surface area contributed by atoms with Crippen LogP contribution in [0.3, 0.4) is 0 Å². The number of hydrogen-bond donors (Lipinski definition) is 0. The highest BCUT2D eigenvalue weighted by Gasteiger charge is 2.40. The molecule has 1 saturated heterocycles. The average molecular weight is 438 g/mol. The molecule has 1 aliphatic rings. The Morgan fingerprint density at radius 2 is 1.73 bits per heavy atom. The number of likely N-dealkylation sites (tertiary alicyclic amines) is 1. The van der Waals surface area contributed by atoms with Gasteiger partial charge in [-0.15, -0.1) is 0 Å². The van der Waals surface area contributed by atoms with Crippen LogP contribution >= 0.6 is 15.9 Å². The van der Waals surface area contributed by atoms with Crippen molar-refractivity contribution in [2.24, 2.45) is 0 Å². The number of carbonyl (C=O) groups excluding carboxylic acids is 1. The van der Waals surface area contributed by atoms with E-state index in [0.717, 1.165) is 10.0 Å². The fraction of sp³-hybridized carbons (Fsp3) is 0.316. The van der Waals surface area contributed by atoms with Crippen molar-refractivity contribution in [1.82, 2.24) is 4.90 Å². The van der Waals surface area contributed by atoms with Crippen molar-refractivity contribution in [2.45, 2.75) is 23.0 Å². The van der Waals surface area contributed by atoms with Crippen molar-refractivity contribution >= 4 is 31.7 Å². The molecule has 0 spiro atoms. The van der Waals surface area contributed by atoms with E-state index in [1.807, 2.05) is 24.3 Å². The Morgan fingerprint density at radius 3 is 2.31 bits per heavy atom. The summed E-state index contributed by atoms with van der Waals surface area (Å²) in [6.07, 6.45) is 1.04. The van der Waals surface area contributed by atoms with Gasteiger partial charge in [0.25, 0.3) is 0 Å². The maximum Gasteiger partial charge on any atom is 0.222 e. The van der Waals surface area contributed by atoms with Crippen LogP contribution in [0.5, 0.6) is 5.75 Å². The van der Waals surface area contributed by atoms with Gasteiger partial charge in [0.2, 0.25) is 5.91 Å². The Kier molecular flexibility index (Phi) is 5.67. The van der Waals surface area contributed by atoms with Gasteiger partial charge in [-0.1, -0.05) is 28.1 Å². The lowest BCUT2D eigenvalue weighted by Crippen LogP contribution is -2.56. The molecule has 3 rings (SSSR count). The van der Waals surface area contributed by atoms with E-state index in [1.165, 1.54) is 7.11 Å². The molecular weight excluding hydrogens is 418 g/mol. The number of rotatable bonds is 6. The van der Waals surface area contributed by atoms with Gasteiger partial charge in [0.05, 0.1) is 12.0 Å². The highest BCUT2D eigenvalue weighted by atomic mass is 79.9. The molecule has 0 atom stereocenters. The number of methoxy groups -OCH3 is 1. The number of halogens is 1. The van der Waals surface area contributed by atoms with Crippen molar-refractivity contribution in [2.75, 3.05) is 20.2 Å². The molecule has 0 saturated carbocycles. The van der Waals surface area contributed by atoms with Crippen LogP contribution in [0, 0.1) is 0 Å². The summed E-state index contributed by atoms with van der Waals surface area (Å²) < 4.78 is 31.3. The van der Waals surface area contributed by atoms with Gasteiger partial charge in [0.1, 0.15) is 11.0 Å². The fourth-order valence-corrected chi connectivity index (χ4v) is 4.77. The molecule has 1 heterocycles. The Labute approximate surface area is 162 Å². The third kappa shape index (κ3) is 4.10. The first-order valence-corrected chi connectivity index (χ1v) is 10.6. The summed E-state index contributed by atoms with van der Waals surface area (Å²) in [6.45, 7) is 0.515. The van der Waals surface area contributed by atoms with Gasteiger partial charge in [-0.05, 0) is 48.4 Å². The van der Waals surface area contributed by atoms with Crippen LogP contribution in [-0.4, -0.2) is 44.7 Å². The van der Waals surface area contributed by atoms with Crippen LogP contribution < -0.4 is 4.74 Å². The van der Waals surface area contributed by atoms with Crippen molar-refractivity contribution < 1.29 is 17.9 Å². The summed E-state index contributed by atoms with van der Waals surface area (Å²) in [5.41, 5.74) is 1.09. The number of carbonyl (C=O) groups is 1. The number of hydrogen-bond acceptors (Lipinski definition) is 4. The number of nitrogens with zero attached hydrogens (tertiary/aromatic N) is 1. The maximum absolute atomic E-state index is 12.6. The largest absolute Gasteiger partial charge is 0.497 e. The van der Waals surface area contributed by atoms with E-state index in [9.17, 15) is 13.2 Å². The van der Waals surface area contributed by atoms with Crippen LogP contribution in [0.15, 0.2) is 57.9 Å². The van der Waals surface area contributed by atoms with Crippen LogP contribution in [0.1, 0.15) is 12.0 Å². The third-order valence-corrected chi connectivity index (χ3v) is 7.20. The molecule has 0 aromatic heterocycles. The van der Waals surface area contributed by atoms with E-state index in [4.69, 9.17) is 4.74 Å². The number of benzene rings is 2. The Bertz CT molecular complexity index is 873. The Balaban J connectivity index is 1.53. The van der Waals surface area contributed by atoms with E-state index < -0.39 is 15.1 Å². The first-order chi connectivity index (χ1) is 12.4. The second-order valence-corrected chi connectivity index (χ2v) is 9.41. The van der Waals surface area contributed by atoms with Crippen LogP contribution in [-0.2, 0) is 21.1 Å². The first-order valence-electron chi connectivity index (χ1n) is 8.30. The Morgan fingerprint density at radius 1 is 1.12 bits per heavy atom. The van der Waals surface area contributed by atoms with Crippen LogP contribution in [0.25, 0.3) is 0 Å². The first kappa shape index (κ1) is 18.9. The van der Waals surface area contributed by atoms with Crippen LogP contribution in [0.2, 0.25) is 0 Å². The SMILES string of the molecule is COc1ccc(S(=O)(=O)C2CN(C(=O)CCc3ccc(Br)cc3)C2)cc1. The number of ether oxygens (including phenoxy) is 1. The quantitative estimate of drug-likeness (QED) is 0.696. The molecule has 5 nitrogen and oxygen atoms in total. The van der Waals surface area contributed by atoms with Gasteiger partial charge in [-0.2, -0.15) is 0 Å². The van der Waals surface area contributed by atoms with E-state index >= 15 is 0 Å². The zero-order valence-electron chi connectivity index (χ0n) is 14.4. The smallest absolute Gasteiger partial charge is 0.222 e. The molecule has 1 amide bonds. The molecule has 2 aromatic carbocycles. The average Bonchev–Trinajstić information content (AvgIpc) is 2.60. The fourth-order valence-electron chi connectivity index (χ4n) is 2.86. The van der Waals surface area contributed by atoms with E-state index in [0.29, 0.717) is 18.6 Å². The van der Waals surface area contributed by atoms with Crippen LogP contribution in [0.4, 0.5) is 0 Å². The molecule has 2 aromatic rings. The normalized spacial score (nSPS) is 14.8. The van der Waals surface area contributed by atoms with Gasteiger partial charge < -0.3 is 9.64 Å². The minimum absolute atomic E-state index is 0.00546. The molecule has 0 aliphatic carbocycles. The monoisotopic (exact) mass is 437 g/mol. The highest BCUT2D eigenvalue weighted by Crippen LogP contribution is 2.26. The highest BCUT2D eigenvalue weighted by molar-refractivity contribution is 9.10. The summed E-state index contributed by atoms with van der Waals surface area (Å²) in [6, 6.07) is 14.2.